The van der Waals surface area contributed by atoms with Crippen LogP contribution in [0.15, 0.2) is 29.2 Å². The molecule has 0 aromatic heterocycles. The average Bonchev–Trinajstić information content (AvgIpc) is 2.04. The van der Waals surface area contributed by atoms with Gasteiger partial charge in [-0.15, -0.1) is 0 Å². The highest BCUT2D eigenvalue weighted by molar-refractivity contribution is 7.85. The summed E-state index contributed by atoms with van der Waals surface area (Å²) in [5, 5.41) is 8.33. The van der Waals surface area contributed by atoms with Gasteiger partial charge in [0.1, 0.15) is 0 Å². The molecular formula is C7H9NO4S. The first-order chi connectivity index (χ1) is 6.04. The van der Waals surface area contributed by atoms with Crippen molar-refractivity contribution in [3.05, 3.63) is 29.8 Å². The Kier molecular flexibility index (Phi) is 2.99. The van der Waals surface area contributed by atoms with Crippen LogP contribution in [0.1, 0.15) is 5.56 Å². The summed E-state index contributed by atoms with van der Waals surface area (Å²) in [7, 11) is -4.12. The fourth-order valence-electron chi connectivity index (χ4n) is 0.871. The van der Waals surface area contributed by atoms with Crippen LogP contribution in [0.5, 0.6) is 0 Å². The highest BCUT2D eigenvalue weighted by atomic mass is 32.2. The summed E-state index contributed by atoms with van der Waals surface area (Å²) < 4.78 is 29.8. The summed E-state index contributed by atoms with van der Waals surface area (Å²) in [6, 6.07) is 5.52. The van der Waals surface area contributed by atoms with E-state index in [0.717, 1.165) is 5.56 Å². The summed E-state index contributed by atoms with van der Waals surface area (Å²) >= 11 is 0. The number of hydrogen-bond donors (Lipinski definition) is 3. The highest BCUT2D eigenvalue weighted by Gasteiger charge is 2.07. The van der Waals surface area contributed by atoms with Gasteiger partial charge in [-0.2, -0.15) is 8.42 Å². The third kappa shape index (κ3) is 2.78. The molecule has 0 unspecified atom stereocenters. The lowest BCUT2D eigenvalue weighted by atomic mass is 10.2. The van der Waals surface area contributed by atoms with Gasteiger partial charge in [-0.25, -0.2) is 5.48 Å². The number of hydrogen-bond acceptors (Lipinski definition) is 4. The van der Waals surface area contributed by atoms with Crippen molar-refractivity contribution in [2.24, 2.45) is 0 Å². The standard InChI is InChI=1S/C7H9NO4S/c9-8-5-6-1-3-7(4-2-6)13(10,11)12/h1-4,8-9H,5H2,(H,10,11,12). The van der Waals surface area contributed by atoms with Crippen LogP contribution in [0.4, 0.5) is 0 Å². The second kappa shape index (κ2) is 3.84. The van der Waals surface area contributed by atoms with Crippen LogP contribution < -0.4 is 5.48 Å². The lowest BCUT2D eigenvalue weighted by Crippen LogP contribution is -2.06. The highest BCUT2D eigenvalue weighted by Crippen LogP contribution is 2.09. The Morgan fingerprint density at radius 2 is 1.77 bits per heavy atom. The number of benzene rings is 1. The van der Waals surface area contributed by atoms with E-state index in [1.54, 1.807) is 0 Å². The summed E-state index contributed by atoms with van der Waals surface area (Å²) in [6.07, 6.45) is 0. The van der Waals surface area contributed by atoms with Gasteiger partial charge in [-0.1, -0.05) is 12.1 Å². The van der Waals surface area contributed by atoms with Gasteiger partial charge >= 0.3 is 0 Å². The first-order valence-corrected chi connectivity index (χ1v) is 4.91. The average molecular weight is 203 g/mol. The molecule has 13 heavy (non-hydrogen) atoms. The number of nitrogens with one attached hydrogen (secondary N) is 1. The summed E-state index contributed by atoms with van der Waals surface area (Å²) in [6.45, 7) is 0.228. The molecule has 6 heteroatoms. The van der Waals surface area contributed by atoms with Gasteiger partial charge in [0.25, 0.3) is 10.1 Å². The van der Waals surface area contributed by atoms with E-state index in [1.165, 1.54) is 24.3 Å². The molecule has 0 atom stereocenters. The summed E-state index contributed by atoms with van der Waals surface area (Å²) in [4.78, 5) is -0.158. The Bertz CT molecular complexity index is 370. The van der Waals surface area contributed by atoms with Gasteiger partial charge in [0, 0.05) is 6.54 Å². The molecular weight excluding hydrogens is 194 g/mol. The molecule has 1 aromatic carbocycles. The van der Waals surface area contributed by atoms with Crippen molar-refractivity contribution in [1.82, 2.24) is 5.48 Å². The quantitative estimate of drug-likeness (QED) is 0.489. The molecule has 5 nitrogen and oxygen atoms in total. The van der Waals surface area contributed by atoms with Crippen molar-refractivity contribution in [1.29, 1.82) is 0 Å². The van der Waals surface area contributed by atoms with E-state index >= 15 is 0 Å². The lowest BCUT2D eigenvalue weighted by molar-refractivity contribution is 0.161. The SMILES string of the molecule is O=S(=O)(O)c1ccc(CNO)cc1. The minimum atomic E-state index is -4.12. The minimum absolute atomic E-state index is 0.158. The predicted octanol–water partition coefficient (Wildman–Crippen LogP) is 0.412. The first kappa shape index (κ1) is 10.1. The Morgan fingerprint density at radius 1 is 1.23 bits per heavy atom. The molecule has 0 saturated carbocycles. The lowest BCUT2D eigenvalue weighted by Gasteiger charge is -2.00. The maximum Gasteiger partial charge on any atom is 0.294 e. The molecule has 0 heterocycles. The fourth-order valence-corrected chi connectivity index (χ4v) is 1.35. The number of rotatable bonds is 3. The second-order valence-electron chi connectivity index (χ2n) is 2.45. The third-order valence-corrected chi connectivity index (χ3v) is 2.37. The molecule has 3 N–H and O–H groups in total. The zero-order valence-corrected chi connectivity index (χ0v) is 7.45. The van der Waals surface area contributed by atoms with Crippen LogP contribution in [0.2, 0.25) is 0 Å². The third-order valence-electron chi connectivity index (χ3n) is 1.50. The van der Waals surface area contributed by atoms with Crippen molar-refractivity contribution in [2.45, 2.75) is 11.4 Å². The monoisotopic (exact) mass is 203 g/mol. The van der Waals surface area contributed by atoms with Gasteiger partial charge in [-0.05, 0) is 17.7 Å². The molecule has 0 aliphatic rings. The largest absolute Gasteiger partial charge is 0.316 e. The van der Waals surface area contributed by atoms with Gasteiger partial charge in [0.15, 0.2) is 0 Å². The van der Waals surface area contributed by atoms with Crippen molar-refractivity contribution in [3.63, 3.8) is 0 Å². The molecule has 0 spiro atoms. The molecule has 0 amide bonds. The Hall–Kier alpha value is -0.950. The van der Waals surface area contributed by atoms with Gasteiger partial charge in [0.05, 0.1) is 4.90 Å². The molecule has 0 aliphatic heterocycles. The Labute approximate surface area is 75.7 Å². The van der Waals surface area contributed by atoms with E-state index in [2.05, 4.69) is 0 Å². The smallest absolute Gasteiger partial charge is 0.294 e. The van der Waals surface area contributed by atoms with Gasteiger partial charge < -0.3 is 5.21 Å². The zero-order valence-electron chi connectivity index (χ0n) is 6.64. The van der Waals surface area contributed by atoms with Crippen LogP contribution in [0.25, 0.3) is 0 Å². The van der Waals surface area contributed by atoms with Crippen LogP contribution in [0, 0.1) is 0 Å². The summed E-state index contributed by atoms with van der Waals surface area (Å²) in [5.74, 6) is 0. The van der Waals surface area contributed by atoms with Gasteiger partial charge in [-0.3, -0.25) is 4.55 Å². The maximum absolute atomic E-state index is 10.6. The van der Waals surface area contributed by atoms with E-state index in [1.807, 2.05) is 5.48 Å². The van der Waals surface area contributed by atoms with Crippen LogP contribution in [-0.4, -0.2) is 18.2 Å². The minimum Gasteiger partial charge on any atom is -0.316 e. The normalized spacial score (nSPS) is 11.5. The van der Waals surface area contributed by atoms with Crippen LogP contribution in [0.3, 0.4) is 0 Å². The van der Waals surface area contributed by atoms with Crippen LogP contribution in [-0.2, 0) is 16.7 Å². The molecule has 0 radical (unpaired) electrons. The Balaban J connectivity index is 2.94. The Morgan fingerprint density at radius 3 is 2.15 bits per heavy atom. The topological polar surface area (TPSA) is 86.6 Å². The van der Waals surface area contributed by atoms with E-state index in [9.17, 15) is 8.42 Å². The summed E-state index contributed by atoms with van der Waals surface area (Å²) in [5.41, 5.74) is 2.65. The van der Waals surface area contributed by atoms with Crippen molar-refractivity contribution in [2.75, 3.05) is 0 Å². The van der Waals surface area contributed by atoms with E-state index < -0.39 is 10.1 Å². The molecule has 0 fully saturated rings. The molecule has 0 aliphatic carbocycles. The number of hydroxylamine groups is 1. The van der Waals surface area contributed by atoms with Crippen molar-refractivity contribution >= 4 is 10.1 Å². The molecule has 1 aromatic rings. The van der Waals surface area contributed by atoms with E-state index in [4.69, 9.17) is 9.76 Å². The van der Waals surface area contributed by atoms with E-state index in [0.29, 0.717) is 0 Å². The van der Waals surface area contributed by atoms with Crippen molar-refractivity contribution in [3.8, 4) is 0 Å². The maximum atomic E-state index is 10.6. The van der Waals surface area contributed by atoms with Crippen LogP contribution >= 0.6 is 0 Å². The van der Waals surface area contributed by atoms with Crippen molar-refractivity contribution < 1.29 is 18.2 Å². The zero-order chi connectivity index (χ0) is 9.90. The van der Waals surface area contributed by atoms with Gasteiger partial charge in [0.2, 0.25) is 0 Å². The van der Waals surface area contributed by atoms with E-state index in [-0.39, 0.29) is 11.4 Å². The molecule has 1 rings (SSSR count). The molecule has 0 saturated heterocycles. The molecule has 72 valence electrons. The fraction of sp³-hybridized carbons (Fsp3) is 0.143. The second-order valence-corrected chi connectivity index (χ2v) is 3.88. The molecule has 0 bridgehead atoms. The first-order valence-electron chi connectivity index (χ1n) is 3.47. The predicted molar refractivity (Wildman–Crippen MR) is 44.9 cm³/mol.